The molecule has 1 N–H and O–H groups in total. The van der Waals surface area contributed by atoms with E-state index < -0.39 is 0 Å². The molecular weight excluding hydrogens is 184 g/mol. The molecule has 0 aromatic carbocycles. The van der Waals surface area contributed by atoms with Gasteiger partial charge < -0.3 is 5.32 Å². The summed E-state index contributed by atoms with van der Waals surface area (Å²) in [6.07, 6.45) is 5.57. The van der Waals surface area contributed by atoms with Gasteiger partial charge in [-0.25, -0.2) is 0 Å². The van der Waals surface area contributed by atoms with Gasteiger partial charge in [-0.1, -0.05) is 18.9 Å². The summed E-state index contributed by atoms with van der Waals surface area (Å²) < 4.78 is 0. The first-order valence-corrected chi connectivity index (χ1v) is 6.43. The van der Waals surface area contributed by atoms with Crippen molar-refractivity contribution in [1.29, 1.82) is 0 Å². The third kappa shape index (κ3) is 2.61. The number of nitrogens with one attached hydrogen (secondary N) is 1. The Kier molecular flexibility index (Phi) is 3.81. The maximum atomic E-state index is 3.33. The third-order valence-electron chi connectivity index (χ3n) is 3.94. The van der Waals surface area contributed by atoms with Crippen LogP contribution < -0.4 is 5.32 Å². The van der Waals surface area contributed by atoms with Crippen LogP contribution in [0.5, 0.6) is 0 Å². The van der Waals surface area contributed by atoms with Crippen LogP contribution in [0.25, 0.3) is 0 Å². The molecule has 0 saturated carbocycles. The average molecular weight is 208 g/mol. The zero-order chi connectivity index (χ0) is 10.7. The van der Waals surface area contributed by atoms with E-state index in [4.69, 9.17) is 0 Å². The highest BCUT2D eigenvalue weighted by Gasteiger charge is 2.22. The maximum absolute atomic E-state index is 3.33. The van der Waals surface area contributed by atoms with Gasteiger partial charge in [0.05, 0.1) is 0 Å². The summed E-state index contributed by atoms with van der Waals surface area (Å²) >= 11 is 0. The molecule has 0 spiro atoms. The molecule has 1 unspecified atom stereocenters. The quantitative estimate of drug-likeness (QED) is 0.715. The molecule has 2 rings (SSSR count). The summed E-state index contributed by atoms with van der Waals surface area (Å²) in [5.41, 5.74) is 3.27. The highest BCUT2D eigenvalue weighted by Crippen LogP contribution is 2.21. The van der Waals surface area contributed by atoms with E-state index in [2.05, 4.69) is 24.1 Å². The second-order valence-electron chi connectivity index (χ2n) is 5.02. The Hall–Kier alpha value is -0.340. The van der Waals surface area contributed by atoms with Crippen LogP contribution in [-0.4, -0.2) is 37.1 Å². The van der Waals surface area contributed by atoms with Crippen molar-refractivity contribution in [2.45, 2.75) is 45.6 Å². The van der Waals surface area contributed by atoms with E-state index in [1.54, 1.807) is 11.1 Å². The fourth-order valence-corrected chi connectivity index (χ4v) is 2.70. The summed E-state index contributed by atoms with van der Waals surface area (Å²) in [5.74, 6) is 0. The lowest BCUT2D eigenvalue weighted by molar-refractivity contribution is 0.156. The molecule has 2 saturated heterocycles. The van der Waals surface area contributed by atoms with Gasteiger partial charge in [-0.05, 0) is 38.3 Å². The summed E-state index contributed by atoms with van der Waals surface area (Å²) in [7, 11) is 0. The van der Waals surface area contributed by atoms with Crippen molar-refractivity contribution in [2.75, 3.05) is 26.2 Å². The summed E-state index contributed by atoms with van der Waals surface area (Å²) in [6.45, 7) is 9.45. The van der Waals surface area contributed by atoms with Crippen LogP contribution in [-0.2, 0) is 0 Å². The number of hydrogen-bond donors (Lipinski definition) is 1. The fraction of sp³-hybridized carbons (Fsp3) is 0.846. The lowest BCUT2D eigenvalue weighted by Crippen LogP contribution is -2.42. The normalized spacial score (nSPS) is 27.6. The van der Waals surface area contributed by atoms with Crippen LogP contribution in [0.15, 0.2) is 11.1 Å². The minimum absolute atomic E-state index is 0.849. The Morgan fingerprint density at radius 3 is 2.80 bits per heavy atom. The Labute approximate surface area is 93.7 Å². The van der Waals surface area contributed by atoms with E-state index in [1.165, 1.54) is 38.8 Å². The summed E-state index contributed by atoms with van der Waals surface area (Å²) in [6, 6.07) is 0.849. The molecule has 15 heavy (non-hydrogen) atoms. The molecule has 0 aromatic rings. The molecule has 2 heterocycles. The Bertz CT molecular complexity index is 239. The molecule has 2 aliphatic heterocycles. The topological polar surface area (TPSA) is 15.3 Å². The molecule has 2 heteroatoms. The predicted octanol–water partition coefficient (Wildman–Crippen LogP) is 2.17. The molecule has 0 bridgehead atoms. The minimum Gasteiger partial charge on any atom is -0.309 e. The molecule has 2 aliphatic rings. The Morgan fingerprint density at radius 2 is 2.20 bits per heavy atom. The minimum atomic E-state index is 0.849. The lowest BCUT2D eigenvalue weighted by atomic mass is 9.97. The van der Waals surface area contributed by atoms with Gasteiger partial charge in [0.25, 0.3) is 0 Å². The van der Waals surface area contributed by atoms with Crippen molar-refractivity contribution in [3.63, 3.8) is 0 Å². The van der Waals surface area contributed by atoms with Crippen molar-refractivity contribution >= 4 is 0 Å². The number of nitrogens with zero attached hydrogens (tertiary/aromatic N) is 1. The standard InChI is InChI=1S/C13H24N2/c1-3-13-6-4-5-7-15(13)10-11(2)12-8-14-9-12/h13-14H,3-10H2,1-2H3. The molecule has 0 aliphatic carbocycles. The Balaban J connectivity index is 1.91. The van der Waals surface area contributed by atoms with Gasteiger partial charge in [-0.2, -0.15) is 0 Å². The molecule has 2 nitrogen and oxygen atoms in total. The van der Waals surface area contributed by atoms with Crippen LogP contribution in [0.1, 0.15) is 39.5 Å². The fourth-order valence-electron chi connectivity index (χ4n) is 2.70. The largest absolute Gasteiger partial charge is 0.309 e. The average Bonchev–Trinajstić information content (AvgIpc) is 2.15. The smallest absolute Gasteiger partial charge is 0.0196 e. The van der Waals surface area contributed by atoms with Gasteiger partial charge in [0.1, 0.15) is 0 Å². The predicted molar refractivity (Wildman–Crippen MR) is 65.1 cm³/mol. The van der Waals surface area contributed by atoms with Gasteiger partial charge in [-0.15, -0.1) is 0 Å². The highest BCUT2D eigenvalue weighted by molar-refractivity contribution is 5.22. The van der Waals surface area contributed by atoms with Crippen LogP contribution >= 0.6 is 0 Å². The van der Waals surface area contributed by atoms with E-state index in [9.17, 15) is 0 Å². The van der Waals surface area contributed by atoms with Gasteiger partial charge in [0, 0.05) is 25.7 Å². The van der Waals surface area contributed by atoms with Gasteiger partial charge in [0.15, 0.2) is 0 Å². The first-order chi connectivity index (χ1) is 7.31. The molecule has 0 aromatic heterocycles. The zero-order valence-electron chi connectivity index (χ0n) is 10.2. The van der Waals surface area contributed by atoms with E-state index >= 15 is 0 Å². The molecular formula is C13H24N2. The number of likely N-dealkylation sites (tertiary alicyclic amines) is 1. The van der Waals surface area contributed by atoms with E-state index in [0.717, 1.165) is 19.1 Å². The van der Waals surface area contributed by atoms with Gasteiger partial charge in [0.2, 0.25) is 0 Å². The number of hydrogen-bond acceptors (Lipinski definition) is 2. The van der Waals surface area contributed by atoms with Gasteiger partial charge in [-0.3, -0.25) is 4.90 Å². The van der Waals surface area contributed by atoms with Crippen molar-refractivity contribution in [2.24, 2.45) is 0 Å². The molecule has 86 valence electrons. The van der Waals surface area contributed by atoms with Crippen molar-refractivity contribution < 1.29 is 0 Å². The van der Waals surface area contributed by atoms with E-state index in [1.807, 2.05) is 0 Å². The maximum Gasteiger partial charge on any atom is 0.0196 e. The van der Waals surface area contributed by atoms with Gasteiger partial charge >= 0.3 is 0 Å². The van der Waals surface area contributed by atoms with Crippen molar-refractivity contribution in [3.8, 4) is 0 Å². The first-order valence-electron chi connectivity index (χ1n) is 6.43. The van der Waals surface area contributed by atoms with E-state index in [0.29, 0.717) is 0 Å². The second kappa shape index (κ2) is 5.13. The molecule has 0 amide bonds. The third-order valence-corrected chi connectivity index (χ3v) is 3.94. The summed E-state index contributed by atoms with van der Waals surface area (Å²) in [5, 5.41) is 3.33. The van der Waals surface area contributed by atoms with Crippen molar-refractivity contribution in [3.05, 3.63) is 11.1 Å². The Morgan fingerprint density at radius 1 is 1.40 bits per heavy atom. The van der Waals surface area contributed by atoms with Crippen molar-refractivity contribution in [1.82, 2.24) is 10.2 Å². The molecule has 0 radical (unpaired) electrons. The second-order valence-corrected chi connectivity index (χ2v) is 5.02. The summed E-state index contributed by atoms with van der Waals surface area (Å²) in [4.78, 5) is 2.70. The SMILES string of the molecule is CCC1CCCCN1CC(C)=C1CNC1. The number of rotatable bonds is 3. The number of piperidine rings is 1. The lowest BCUT2D eigenvalue weighted by Gasteiger charge is -2.36. The highest BCUT2D eigenvalue weighted by atomic mass is 15.2. The van der Waals surface area contributed by atoms with Crippen LogP contribution in [0.4, 0.5) is 0 Å². The van der Waals surface area contributed by atoms with Crippen LogP contribution in [0.3, 0.4) is 0 Å². The monoisotopic (exact) mass is 208 g/mol. The van der Waals surface area contributed by atoms with Crippen LogP contribution in [0.2, 0.25) is 0 Å². The first kappa shape index (κ1) is 11.2. The van der Waals surface area contributed by atoms with Crippen LogP contribution in [0, 0.1) is 0 Å². The molecule has 1 atom stereocenters. The van der Waals surface area contributed by atoms with E-state index in [-0.39, 0.29) is 0 Å². The zero-order valence-corrected chi connectivity index (χ0v) is 10.2. The molecule has 2 fully saturated rings.